The number of hydrogen-bond donors (Lipinski definition) is 2. The molecule has 0 amide bonds. The van der Waals surface area contributed by atoms with Crippen LogP contribution in [0.3, 0.4) is 0 Å². The average Bonchev–Trinajstić information content (AvgIpc) is 2.87. The minimum atomic E-state index is -3.84. The standard InChI is InChI=1S/C9H10ClNO4S3/c10-6-1-2-7(17-6)18(14,15)11-9(8(12)13)3-4-16-5-9/h1-2,11H,3-5H2,(H,12,13). The minimum Gasteiger partial charge on any atom is -0.480 e. The lowest BCUT2D eigenvalue weighted by Crippen LogP contribution is -2.54. The van der Waals surface area contributed by atoms with Crippen LogP contribution in [0.4, 0.5) is 0 Å². The van der Waals surface area contributed by atoms with Gasteiger partial charge in [-0.1, -0.05) is 11.6 Å². The third-order valence-corrected chi connectivity index (χ3v) is 7.02. The monoisotopic (exact) mass is 327 g/mol. The fourth-order valence-electron chi connectivity index (χ4n) is 1.61. The van der Waals surface area contributed by atoms with E-state index in [9.17, 15) is 18.3 Å². The highest BCUT2D eigenvalue weighted by Gasteiger charge is 2.45. The summed E-state index contributed by atoms with van der Waals surface area (Å²) in [7, 11) is -3.84. The predicted octanol–water partition coefficient (Wildman–Crippen LogP) is 1.64. The van der Waals surface area contributed by atoms with Crippen molar-refractivity contribution in [1.29, 1.82) is 0 Å². The summed E-state index contributed by atoms with van der Waals surface area (Å²) in [5.74, 6) is -0.278. The van der Waals surface area contributed by atoms with Gasteiger partial charge in [-0.25, -0.2) is 8.42 Å². The topological polar surface area (TPSA) is 83.5 Å². The van der Waals surface area contributed by atoms with Crippen molar-refractivity contribution in [2.45, 2.75) is 16.2 Å². The van der Waals surface area contributed by atoms with Crippen LogP contribution in [-0.2, 0) is 14.8 Å². The molecule has 1 fully saturated rings. The second-order valence-corrected chi connectivity index (χ2v) is 8.58. The molecule has 5 nitrogen and oxygen atoms in total. The fraction of sp³-hybridized carbons (Fsp3) is 0.444. The Morgan fingerprint density at radius 1 is 1.50 bits per heavy atom. The van der Waals surface area contributed by atoms with Crippen molar-refractivity contribution < 1.29 is 18.3 Å². The summed E-state index contributed by atoms with van der Waals surface area (Å²) in [6.07, 6.45) is 0.283. The van der Waals surface area contributed by atoms with Gasteiger partial charge in [0, 0.05) is 5.75 Å². The number of carboxylic acids is 1. The number of thioether (sulfide) groups is 1. The maximum Gasteiger partial charge on any atom is 0.325 e. The molecule has 2 heterocycles. The van der Waals surface area contributed by atoms with Crippen molar-refractivity contribution in [3.05, 3.63) is 16.5 Å². The lowest BCUT2D eigenvalue weighted by atomic mass is 10.0. The molecule has 1 aromatic heterocycles. The van der Waals surface area contributed by atoms with Gasteiger partial charge in [-0.15, -0.1) is 11.3 Å². The molecule has 2 rings (SSSR count). The maximum absolute atomic E-state index is 12.1. The minimum absolute atomic E-state index is 0.0324. The summed E-state index contributed by atoms with van der Waals surface area (Å²) in [5, 5.41) is 9.22. The molecule has 18 heavy (non-hydrogen) atoms. The molecule has 1 unspecified atom stereocenters. The van der Waals surface area contributed by atoms with Gasteiger partial charge in [0.25, 0.3) is 10.0 Å². The van der Waals surface area contributed by atoms with E-state index in [0.29, 0.717) is 10.1 Å². The smallest absolute Gasteiger partial charge is 0.325 e. The first-order chi connectivity index (χ1) is 8.36. The van der Waals surface area contributed by atoms with E-state index in [1.165, 1.54) is 23.9 Å². The summed E-state index contributed by atoms with van der Waals surface area (Å²) >= 11 is 8.01. The number of aliphatic carboxylic acids is 1. The van der Waals surface area contributed by atoms with Gasteiger partial charge in [0.15, 0.2) is 0 Å². The van der Waals surface area contributed by atoms with E-state index in [4.69, 9.17) is 11.6 Å². The third kappa shape index (κ3) is 2.67. The molecule has 0 bridgehead atoms. The van der Waals surface area contributed by atoms with Crippen LogP contribution in [0.5, 0.6) is 0 Å². The Hall–Kier alpha value is -0.280. The van der Waals surface area contributed by atoms with Crippen LogP contribution in [0.15, 0.2) is 16.3 Å². The molecule has 0 spiro atoms. The highest BCUT2D eigenvalue weighted by molar-refractivity contribution is 7.99. The Balaban J connectivity index is 2.29. The lowest BCUT2D eigenvalue weighted by molar-refractivity contribution is -0.142. The average molecular weight is 328 g/mol. The molecule has 0 radical (unpaired) electrons. The first kappa shape index (κ1) is 14.1. The second-order valence-electron chi connectivity index (χ2n) is 3.85. The Bertz CT molecular complexity index is 562. The Morgan fingerprint density at radius 2 is 2.22 bits per heavy atom. The summed E-state index contributed by atoms with van der Waals surface area (Å²) in [5.41, 5.74) is -1.40. The molecule has 9 heteroatoms. The van der Waals surface area contributed by atoms with Crippen LogP contribution < -0.4 is 4.72 Å². The van der Waals surface area contributed by atoms with E-state index in [1.807, 2.05) is 0 Å². The first-order valence-electron chi connectivity index (χ1n) is 4.96. The number of sulfonamides is 1. The Kier molecular flexibility index (Phi) is 3.93. The molecule has 100 valence electrons. The lowest BCUT2D eigenvalue weighted by Gasteiger charge is -2.23. The van der Waals surface area contributed by atoms with Gasteiger partial charge in [-0.3, -0.25) is 4.79 Å². The van der Waals surface area contributed by atoms with Gasteiger partial charge >= 0.3 is 5.97 Å². The highest BCUT2D eigenvalue weighted by Crippen LogP contribution is 2.32. The maximum atomic E-state index is 12.1. The zero-order chi connectivity index (χ0) is 13.4. The van der Waals surface area contributed by atoms with E-state index in [2.05, 4.69) is 4.72 Å². The first-order valence-corrected chi connectivity index (χ1v) is 8.79. The summed E-state index contributed by atoms with van der Waals surface area (Å²) < 4.78 is 26.8. The van der Waals surface area contributed by atoms with Gasteiger partial charge in [0.05, 0.1) is 4.34 Å². The molecule has 1 aliphatic heterocycles. The Labute approximate surface area is 118 Å². The van der Waals surface area contributed by atoms with Crippen LogP contribution in [0.2, 0.25) is 4.34 Å². The second kappa shape index (κ2) is 5.01. The molecular weight excluding hydrogens is 318 g/mol. The number of nitrogens with one attached hydrogen (secondary N) is 1. The molecule has 1 atom stereocenters. The zero-order valence-corrected chi connectivity index (χ0v) is 12.3. The molecule has 0 aromatic carbocycles. The summed E-state index contributed by atoms with van der Waals surface area (Å²) in [4.78, 5) is 11.3. The van der Waals surface area contributed by atoms with Crippen molar-refractivity contribution in [3.63, 3.8) is 0 Å². The van der Waals surface area contributed by atoms with E-state index < -0.39 is 21.5 Å². The predicted molar refractivity (Wildman–Crippen MR) is 72.0 cm³/mol. The number of thiophene rings is 1. The number of hydrogen-bond acceptors (Lipinski definition) is 5. The molecule has 2 N–H and O–H groups in total. The van der Waals surface area contributed by atoms with Crippen molar-refractivity contribution in [3.8, 4) is 0 Å². The normalized spacial score (nSPS) is 24.3. The quantitative estimate of drug-likeness (QED) is 0.878. The fourth-order valence-corrected chi connectivity index (χ4v) is 5.90. The largest absolute Gasteiger partial charge is 0.480 e. The number of carboxylic acid groups (broad SMARTS) is 1. The number of carbonyl (C=O) groups is 1. The number of halogens is 1. The molecular formula is C9H10ClNO4S3. The number of rotatable bonds is 4. The van der Waals surface area contributed by atoms with E-state index >= 15 is 0 Å². The Morgan fingerprint density at radius 3 is 2.67 bits per heavy atom. The third-order valence-electron chi connectivity index (χ3n) is 2.57. The molecule has 0 aliphatic carbocycles. The van der Waals surface area contributed by atoms with E-state index in [-0.39, 0.29) is 16.4 Å². The van der Waals surface area contributed by atoms with Crippen LogP contribution >= 0.6 is 34.7 Å². The van der Waals surface area contributed by atoms with Crippen LogP contribution in [0.25, 0.3) is 0 Å². The molecule has 0 saturated carbocycles. The van der Waals surface area contributed by atoms with Crippen molar-refractivity contribution in [2.75, 3.05) is 11.5 Å². The van der Waals surface area contributed by atoms with Crippen LogP contribution in [0.1, 0.15) is 6.42 Å². The van der Waals surface area contributed by atoms with Crippen molar-refractivity contribution in [2.24, 2.45) is 0 Å². The zero-order valence-electron chi connectivity index (χ0n) is 9.05. The molecule has 1 aliphatic rings. The SMILES string of the molecule is O=C(O)C1(NS(=O)(=O)c2ccc(Cl)s2)CCSC1. The van der Waals surface area contributed by atoms with Crippen LogP contribution in [-0.4, -0.2) is 36.5 Å². The van der Waals surface area contributed by atoms with Gasteiger partial charge in [-0.2, -0.15) is 16.5 Å². The van der Waals surface area contributed by atoms with Gasteiger partial charge in [0.1, 0.15) is 9.75 Å². The van der Waals surface area contributed by atoms with Crippen LogP contribution in [0, 0.1) is 0 Å². The van der Waals surface area contributed by atoms with E-state index in [1.54, 1.807) is 0 Å². The highest BCUT2D eigenvalue weighted by atomic mass is 35.5. The summed E-state index contributed by atoms with van der Waals surface area (Å²) in [6.45, 7) is 0. The van der Waals surface area contributed by atoms with Crippen molar-refractivity contribution >= 4 is 50.7 Å². The van der Waals surface area contributed by atoms with Gasteiger partial charge in [0.2, 0.25) is 0 Å². The summed E-state index contributed by atoms with van der Waals surface area (Å²) in [6, 6.07) is 2.84. The van der Waals surface area contributed by atoms with Crippen molar-refractivity contribution in [1.82, 2.24) is 4.72 Å². The molecule has 1 saturated heterocycles. The molecule has 1 aromatic rings. The van der Waals surface area contributed by atoms with E-state index in [0.717, 1.165) is 11.3 Å². The van der Waals surface area contributed by atoms with Gasteiger partial charge in [-0.05, 0) is 24.3 Å². The van der Waals surface area contributed by atoms with Gasteiger partial charge < -0.3 is 5.11 Å².